The van der Waals surface area contributed by atoms with Crippen LogP contribution in [0, 0.1) is 5.21 Å². The normalized spacial score (nSPS) is 10.0. The van der Waals surface area contributed by atoms with Crippen molar-refractivity contribution in [2.45, 2.75) is 6.92 Å². The third-order valence-corrected chi connectivity index (χ3v) is 2.30. The van der Waals surface area contributed by atoms with Gasteiger partial charge in [-0.2, -0.15) is 0 Å². The molecule has 0 spiro atoms. The molecular weight excluding hydrogens is 272 g/mol. The molecule has 0 aliphatic rings. The summed E-state index contributed by atoms with van der Waals surface area (Å²) in [5.41, 5.74) is 0. The van der Waals surface area contributed by atoms with Crippen molar-refractivity contribution in [3.8, 4) is 17.4 Å². The lowest BCUT2D eigenvalue weighted by Crippen LogP contribution is -2.32. The van der Waals surface area contributed by atoms with Gasteiger partial charge in [0.25, 0.3) is 5.88 Å². The minimum atomic E-state index is -0.431. The monoisotopic (exact) mass is 280 g/mol. The molecule has 98 valence electrons. The maximum Gasteiger partial charge on any atom is 0.313 e. The van der Waals surface area contributed by atoms with Crippen LogP contribution in [-0.4, -0.2) is 11.1 Å². The van der Waals surface area contributed by atoms with E-state index in [1.54, 1.807) is 18.2 Å². The van der Waals surface area contributed by atoms with Gasteiger partial charge in [-0.3, -0.25) is 4.79 Å². The van der Waals surface area contributed by atoms with Crippen LogP contribution in [-0.2, 0) is 4.79 Å². The molecule has 1 aromatic heterocycles. The summed E-state index contributed by atoms with van der Waals surface area (Å²) >= 11 is 5.54. The molecule has 2 rings (SSSR count). The maximum atomic E-state index is 11.2. The molecule has 0 fully saturated rings. The second-order valence-corrected chi connectivity index (χ2v) is 3.93. The van der Waals surface area contributed by atoms with Crippen LogP contribution < -0.4 is 14.3 Å². The third-order valence-electron chi connectivity index (χ3n) is 2.03. The number of ether oxygens (including phenoxy) is 2. The number of benzene rings is 1. The second-order valence-electron chi connectivity index (χ2n) is 3.54. The van der Waals surface area contributed by atoms with Crippen LogP contribution in [0.25, 0.3) is 0 Å². The summed E-state index contributed by atoms with van der Waals surface area (Å²) in [6.07, 6.45) is 0. The van der Waals surface area contributed by atoms with Crippen LogP contribution in [0.2, 0.25) is 5.15 Å². The highest BCUT2D eigenvalue weighted by Gasteiger charge is 2.08. The van der Waals surface area contributed by atoms with E-state index in [2.05, 4.69) is 5.10 Å². The summed E-state index contributed by atoms with van der Waals surface area (Å²) in [7, 11) is 0. The molecule has 0 unspecified atom stereocenters. The number of rotatable bonds is 3. The maximum absolute atomic E-state index is 11.2. The van der Waals surface area contributed by atoms with E-state index >= 15 is 0 Å². The van der Waals surface area contributed by atoms with E-state index in [1.807, 2.05) is 0 Å². The van der Waals surface area contributed by atoms with Crippen molar-refractivity contribution >= 4 is 17.6 Å². The number of hydrogen-bond acceptors (Lipinski definition) is 5. The predicted molar refractivity (Wildman–Crippen MR) is 66.0 cm³/mol. The van der Waals surface area contributed by atoms with Crippen molar-refractivity contribution in [3.63, 3.8) is 0 Å². The molecule has 0 N–H and O–H groups in total. The number of esters is 1. The largest absolute Gasteiger partial charge is 0.593 e. The fourth-order valence-electron chi connectivity index (χ4n) is 1.32. The van der Waals surface area contributed by atoms with Gasteiger partial charge >= 0.3 is 11.1 Å². The Labute approximate surface area is 113 Å². The van der Waals surface area contributed by atoms with Crippen LogP contribution in [0.3, 0.4) is 0 Å². The Morgan fingerprint density at radius 1 is 1.32 bits per heavy atom. The first kappa shape index (κ1) is 13.1. The molecule has 0 atom stereocenters. The number of carbonyl (C=O) groups is 1. The third kappa shape index (κ3) is 3.56. The molecule has 6 nitrogen and oxygen atoms in total. The number of halogens is 1. The molecule has 0 radical (unpaired) electrons. The van der Waals surface area contributed by atoms with Crippen LogP contribution >= 0.6 is 11.6 Å². The van der Waals surface area contributed by atoms with Gasteiger partial charge in [-0.15, -0.1) is 0 Å². The van der Waals surface area contributed by atoms with Crippen LogP contribution in [0.5, 0.6) is 17.4 Å². The first-order chi connectivity index (χ1) is 9.04. The molecule has 0 saturated carbocycles. The van der Waals surface area contributed by atoms with Gasteiger partial charge < -0.3 is 14.7 Å². The van der Waals surface area contributed by atoms with Crippen molar-refractivity contribution in [1.82, 2.24) is 5.10 Å². The van der Waals surface area contributed by atoms with E-state index in [9.17, 15) is 10.0 Å². The van der Waals surface area contributed by atoms with E-state index in [0.29, 0.717) is 11.5 Å². The highest BCUT2D eigenvalue weighted by molar-refractivity contribution is 6.28. The number of nitrogens with zero attached hydrogens (tertiary/aromatic N) is 2. The quantitative estimate of drug-likeness (QED) is 0.372. The van der Waals surface area contributed by atoms with E-state index in [4.69, 9.17) is 21.1 Å². The first-order valence-corrected chi connectivity index (χ1v) is 5.65. The van der Waals surface area contributed by atoms with Gasteiger partial charge in [-0.05, 0) is 28.6 Å². The van der Waals surface area contributed by atoms with Gasteiger partial charge in [0, 0.05) is 25.1 Å². The molecule has 0 aliphatic heterocycles. The van der Waals surface area contributed by atoms with E-state index in [1.165, 1.54) is 25.1 Å². The van der Waals surface area contributed by atoms with E-state index in [0.717, 1.165) is 0 Å². The van der Waals surface area contributed by atoms with Crippen molar-refractivity contribution in [3.05, 3.63) is 46.8 Å². The second kappa shape index (κ2) is 5.53. The fourth-order valence-corrected chi connectivity index (χ4v) is 1.42. The molecular formula is C12H9ClN2O4. The summed E-state index contributed by atoms with van der Waals surface area (Å²) in [4.78, 5) is 11.1. The SMILES string of the molecule is CC(=O)Oc1cccc(Oc2ccc(Cl)[n+]([O-])n2)c1. The lowest BCUT2D eigenvalue weighted by Gasteiger charge is -2.06. The van der Waals surface area contributed by atoms with Gasteiger partial charge in [0.2, 0.25) is 0 Å². The topological polar surface area (TPSA) is 75.4 Å². The molecule has 0 aliphatic carbocycles. The summed E-state index contributed by atoms with van der Waals surface area (Å²) in [5.74, 6) is 0.376. The molecule has 0 saturated heterocycles. The average Bonchev–Trinajstić information content (AvgIpc) is 2.33. The number of hydrogen-bond donors (Lipinski definition) is 0. The first-order valence-electron chi connectivity index (χ1n) is 5.27. The smallest absolute Gasteiger partial charge is 0.313 e. The van der Waals surface area contributed by atoms with Crippen molar-refractivity contribution in [1.29, 1.82) is 0 Å². The molecule has 0 bridgehead atoms. The molecule has 19 heavy (non-hydrogen) atoms. The van der Waals surface area contributed by atoms with Gasteiger partial charge in [-0.1, -0.05) is 6.07 Å². The summed E-state index contributed by atoms with van der Waals surface area (Å²) in [6.45, 7) is 1.30. The van der Waals surface area contributed by atoms with Crippen molar-refractivity contribution in [2.24, 2.45) is 0 Å². The highest BCUT2D eigenvalue weighted by atomic mass is 35.5. The minimum absolute atomic E-state index is 0.0546. The molecule has 1 aromatic carbocycles. The minimum Gasteiger partial charge on any atom is -0.593 e. The van der Waals surface area contributed by atoms with Crippen LogP contribution in [0.1, 0.15) is 6.92 Å². The Morgan fingerprint density at radius 3 is 2.74 bits per heavy atom. The van der Waals surface area contributed by atoms with Gasteiger partial charge in [0.15, 0.2) is 0 Å². The van der Waals surface area contributed by atoms with Crippen molar-refractivity contribution in [2.75, 3.05) is 0 Å². The zero-order valence-corrected chi connectivity index (χ0v) is 10.6. The lowest BCUT2D eigenvalue weighted by molar-refractivity contribution is -0.667. The zero-order valence-electron chi connectivity index (χ0n) is 9.87. The lowest BCUT2D eigenvalue weighted by atomic mass is 10.3. The van der Waals surface area contributed by atoms with Crippen LogP contribution in [0.4, 0.5) is 0 Å². The standard InChI is InChI=1S/C12H9ClN2O4/c1-8(16)18-9-3-2-4-10(7-9)19-12-6-5-11(13)15(17)14-12/h2-7H,1H3. The Hall–Kier alpha value is -2.34. The number of aromatic nitrogens is 2. The van der Waals surface area contributed by atoms with Gasteiger partial charge in [0.1, 0.15) is 11.5 Å². The molecule has 7 heteroatoms. The predicted octanol–water partition coefficient (Wildman–Crippen LogP) is 2.09. The molecule has 1 heterocycles. The summed E-state index contributed by atoms with van der Waals surface area (Å²) in [6, 6.07) is 9.22. The van der Waals surface area contributed by atoms with Crippen molar-refractivity contribution < 1.29 is 19.1 Å². The Kier molecular flexibility index (Phi) is 3.82. The Bertz CT molecular complexity index is 618. The summed E-state index contributed by atoms with van der Waals surface area (Å²) < 4.78 is 10.3. The van der Waals surface area contributed by atoms with Gasteiger partial charge in [0.05, 0.1) is 5.10 Å². The summed E-state index contributed by atoms with van der Waals surface area (Å²) in [5, 5.41) is 14.7. The van der Waals surface area contributed by atoms with Crippen LogP contribution in [0.15, 0.2) is 36.4 Å². The Morgan fingerprint density at radius 2 is 2.05 bits per heavy atom. The van der Waals surface area contributed by atoms with E-state index in [-0.39, 0.29) is 15.9 Å². The highest BCUT2D eigenvalue weighted by Crippen LogP contribution is 2.23. The number of carbonyl (C=O) groups excluding carboxylic acids is 1. The van der Waals surface area contributed by atoms with Gasteiger partial charge in [-0.25, -0.2) is 0 Å². The Balaban J connectivity index is 2.18. The molecule has 0 amide bonds. The fraction of sp³-hybridized carbons (Fsp3) is 0.0833. The molecule has 2 aromatic rings. The zero-order chi connectivity index (χ0) is 13.8. The van der Waals surface area contributed by atoms with E-state index < -0.39 is 5.97 Å². The average molecular weight is 281 g/mol.